The first-order valence-corrected chi connectivity index (χ1v) is 7.59. The third-order valence-electron chi connectivity index (χ3n) is 3.75. The molecular formula is C16H25N3O2. The second kappa shape index (κ2) is 8.12. The van der Waals surface area contributed by atoms with Crippen LogP contribution in [0.25, 0.3) is 0 Å². The Balaban J connectivity index is 1.69. The Bertz CT molecular complexity index is 465. The van der Waals surface area contributed by atoms with Crippen molar-refractivity contribution in [2.75, 3.05) is 44.6 Å². The number of anilines is 1. The SMILES string of the molecule is CCN1CCOC(CNCC(=O)Nc2ccccc2C)C1. The normalized spacial score (nSPS) is 19.4. The van der Waals surface area contributed by atoms with E-state index in [2.05, 4.69) is 22.5 Å². The molecule has 0 saturated carbocycles. The highest BCUT2D eigenvalue weighted by Crippen LogP contribution is 2.12. The van der Waals surface area contributed by atoms with Crippen LogP contribution < -0.4 is 10.6 Å². The highest BCUT2D eigenvalue weighted by molar-refractivity contribution is 5.92. The molecular weight excluding hydrogens is 266 g/mol. The standard InChI is InChI=1S/C16H25N3O2/c1-3-19-8-9-21-14(12-19)10-17-11-16(20)18-15-7-5-4-6-13(15)2/h4-7,14,17H,3,8-12H2,1-2H3,(H,18,20). The lowest BCUT2D eigenvalue weighted by Crippen LogP contribution is -2.47. The van der Waals surface area contributed by atoms with Crippen molar-refractivity contribution in [2.45, 2.75) is 20.0 Å². The van der Waals surface area contributed by atoms with Crippen LogP contribution in [-0.4, -0.2) is 56.2 Å². The van der Waals surface area contributed by atoms with E-state index in [1.165, 1.54) is 0 Å². The largest absolute Gasteiger partial charge is 0.374 e. The van der Waals surface area contributed by atoms with E-state index in [1.807, 2.05) is 31.2 Å². The summed E-state index contributed by atoms with van der Waals surface area (Å²) in [6, 6.07) is 7.78. The molecule has 1 unspecified atom stereocenters. The number of nitrogens with one attached hydrogen (secondary N) is 2. The van der Waals surface area contributed by atoms with Crippen LogP contribution in [0.3, 0.4) is 0 Å². The number of likely N-dealkylation sites (N-methyl/N-ethyl adjacent to an activating group) is 1. The summed E-state index contributed by atoms with van der Waals surface area (Å²) < 4.78 is 5.69. The molecule has 21 heavy (non-hydrogen) atoms. The molecule has 0 spiro atoms. The number of amides is 1. The van der Waals surface area contributed by atoms with Gasteiger partial charge in [0.15, 0.2) is 0 Å². The smallest absolute Gasteiger partial charge is 0.238 e. The molecule has 1 atom stereocenters. The topological polar surface area (TPSA) is 53.6 Å². The fourth-order valence-corrected chi connectivity index (χ4v) is 2.45. The number of morpholine rings is 1. The van der Waals surface area contributed by atoms with Gasteiger partial charge in [-0.3, -0.25) is 9.69 Å². The molecule has 0 bridgehead atoms. The van der Waals surface area contributed by atoms with Gasteiger partial charge >= 0.3 is 0 Å². The number of rotatable bonds is 6. The predicted molar refractivity (Wildman–Crippen MR) is 84.5 cm³/mol. The molecule has 0 radical (unpaired) electrons. The van der Waals surface area contributed by atoms with Crippen molar-refractivity contribution in [1.29, 1.82) is 0 Å². The number of carbonyl (C=O) groups excluding carboxylic acids is 1. The molecule has 1 aliphatic heterocycles. The molecule has 1 aromatic rings. The van der Waals surface area contributed by atoms with E-state index >= 15 is 0 Å². The van der Waals surface area contributed by atoms with Crippen molar-refractivity contribution in [2.24, 2.45) is 0 Å². The number of nitrogens with zero attached hydrogens (tertiary/aromatic N) is 1. The maximum atomic E-state index is 11.9. The number of benzene rings is 1. The third-order valence-corrected chi connectivity index (χ3v) is 3.75. The Kier molecular flexibility index (Phi) is 6.17. The van der Waals surface area contributed by atoms with Crippen molar-refractivity contribution >= 4 is 11.6 Å². The monoisotopic (exact) mass is 291 g/mol. The van der Waals surface area contributed by atoms with Gasteiger partial charge in [0.05, 0.1) is 19.3 Å². The van der Waals surface area contributed by atoms with Crippen LogP contribution in [0.2, 0.25) is 0 Å². The number of carbonyl (C=O) groups is 1. The molecule has 1 amide bonds. The van der Waals surface area contributed by atoms with E-state index in [4.69, 9.17) is 4.74 Å². The van der Waals surface area contributed by atoms with Gasteiger partial charge in [-0.1, -0.05) is 25.1 Å². The molecule has 2 rings (SSSR count). The number of hydrogen-bond acceptors (Lipinski definition) is 4. The van der Waals surface area contributed by atoms with Crippen LogP contribution in [0, 0.1) is 6.92 Å². The number of para-hydroxylation sites is 1. The minimum absolute atomic E-state index is 0.0209. The van der Waals surface area contributed by atoms with E-state index in [1.54, 1.807) is 0 Å². The Morgan fingerprint density at radius 3 is 3.00 bits per heavy atom. The molecule has 2 N–H and O–H groups in total. The zero-order chi connectivity index (χ0) is 15.1. The van der Waals surface area contributed by atoms with Gasteiger partial charge in [-0.05, 0) is 25.1 Å². The lowest BCUT2D eigenvalue weighted by atomic mass is 10.2. The summed E-state index contributed by atoms with van der Waals surface area (Å²) in [5.41, 5.74) is 1.94. The summed E-state index contributed by atoms with van der Waals surface area (Å²) in [4.78, 5) is 14.3. The van der Waals surface area contributed by atoms with Gasteiger partial charge in [0, 0.05) is 25.3 Å². The summed E-state index contributed by atoms with van der Waals surface area (Å²) in [7, 11) is 0. The van der Waals surface area contributed by atoms with E-state index in [-0.39, 0.29) is 12.0 Å². The fraction of sp³-hybridized carbons (Fsp3) is 0.562. The van der Waals surface area contributed by atoms with Gasteiger partial charge < -0.3 is 15.4 Å². The molecule has 1 saturated heterocycles. The maximum absolute atomic E-state index is 11.9. The number of ether oxygens (including phenoxy) is 1. The van der Waals surface area contributed by atoms with Crippen molar-refractivity contribution < 1.29 is 9.53 Å². The summed E-state index contributed by atoms with van der Waals surface area (Å²) >= 11 is 0. The first-order valence-electron chi connectivity index (χ1n) is 7.59. The molecule has 1 heterocycles. The minimum atomic E-state index is -0.0209. The van der Waals surface area contributed by atoms with Crippen LogP contribution in [0.15, 0.2) is 24.3 Å². The van der Waals surface area contributed by atoms with Gasteiger partial charge in [0.25, 0.3) is 0 Å². The first kappa shape index (κ1) is 15.9. The zero-order valence-electron chi connectivity index (χ0n) is 12.9. The summed E-state index contributed by atoms with van der Waals surface area (Å²) in [5.74, 6) is -0.0209. The van der Waals surface area contributed by atoms with E-state index in [9.17, 15) is 4.79 Å². The predicted octanol–water partition coefficient (Wildman–Crippen LogP) is 1.24. The van der Waals surface area contributed by atoms with Crippen LogP contribution in [0.5, 0.6) is 0 Å². The molecule has 1 fully saturated rings. The Morgan fingerprint density at radius 2 is 2.24 bits per heavy atom. The Hall–Kier alpha value is -1.43. The molecule has 5 nitrogen and oxygen atoms in total. The van der Waals surface area contributed by atoms with E-state index in [0.717, 1.165) is 37.5 Å². The quantitative estimate of drug-likeness (QED) is 0.828. The van der Waals surface area contributed by atoms with Crippen LogP contribution in [0.1, 0.15) is 12.5 Å². The second-order valence-corrected chi connectivity index (χ2v) is 5.38. The van der Waals surface area contributed by atoms with Crippen molar-refractivity contribution in [3.8, 4) is 0 Å². The number of hydrogen-bond donors (Lipinski definition) is 2. The van der Waals surface area contributed by atoms with Gasteiger partial charge in [0.2, 0.25) is 5.91 Å². The molecule has 1 aliphatic rings. The molecule has 0 aliphatic carbocycles. The molecule has 1 aromatic carbocycles. The highest BCUT2D eigenvalue weighted by Gasteiger charge is 2.18. The molecule has 116 valence electrons. The third kappa shape index (κ3) is 5.12. The van der Waals surface area contributed by atoms with Crippen LogP contribution >= 0.6 is 0 Å². The molecule has 5 heteroatoms. The van der Waals surface area contributed by atoms with E-state index < -0.39 is 0 Å². The average Bonchev–Trinajstić information content (AvgIpc) is 2.50. The lowest BCUT2D eigenvalue weighted by molar-refractivity contribution is -0.115. The highest BCUT2D eigenvalue weighted by atomic mass is 16.5. The Labute approximate surface area is 126 Å². The summed E-state index contributed by atoms with van der Waals surface area (Å²) in [6.07, 6.45) is 0.171. The van der Waals surface area contributed by atoms with Crippen molar-refractivity contribution in [3.05, 3.63) is 29.8 Å². The summed E-state index contributed by atoms with van der Waals surface area (Å²) in [5, 5.41) is 6.09. The van der Waals surface area contributed by atoms with Crippen LogP contribution in [0.4, 0.5) is 5.69 Å². The van der Waals surface area contributed by atoms with E-state index in [0.29, 0.717) is 13.1 Å². The maximum Gasteiger partial charge on any atom is 0.238 e. The van der Waals surface area contributed by atoms with Gasteiger partial charge in [0.1, 0.15) is 0 Å². The van der Waals surface area contributed by atoms with Crippen molar-refractivity contribution in [1.82, 2.24) is 10.2 Å². The number of aryl methyl sites for hydroxylation is 1. The zero-order valence-corrected chi connectivity index (χ0v) is 12.9. The van der Waals surface area contributed by atoms with Crippen molar-refractivity contribution in [3.63, 3.8) is 0 Å². The van der Waals surface area contributed by atoms with Gasteiger partial charge in [-0.25, -0.2) is 0 Å². The molecule has 0 aromatic heterocycles. The second-order valence-electron chi connectivity index (χ2n) is 5.38. The van der Waals surface area contributed by atoms with Gasteiger partial charge in [-0.2, -0.15) is 0 Å². The lowest BCUT2D eigenvalue weighted by Gasteiger charge is -2.32. The van der Waals surface area contributed by atoms with Crippen LogP contribution in [-0.2, 0) is 9.53 Å². The average molecular weight is 291 g/mol. The first-order chi connectivity index (χ1) is 10.2. The van der Waals surface area contributed by atoms with Gasteiger partial charge in [-0.15, -0.1) is 0 Å². The Morgan fingerprint density at radius 1 is 1.43 bits per heavy atom. The minimum Gasteiger partial charge on any atom is -0.374 e. The summed E-state index contributed by atoms with van der Waals surface area (Å²) in [6.45, 7) is 8.91. The fourth-order valence-electron chi connectivity index (χ4n) is 2.45.